The van der Waals surface area contributed by atoms with Crippen LogP contribution in [0.3, 0.4) is 0 Å². The zero-order valence-corrected chi connectivity index (χ0v) is 10.0. The van der Waals surface area contributed by atoms with Gasteiger partial charge in [-0.1, -0.05) is 13.0 Å². The molecule has 0 saturated carbocycles. The van der Waals surface area contributed by atoms with Crippen molar-refractivity contribution in [3.8, 4) is 0 Å². The third kappa shape index (κ3) is 1.82. The molecule has 0 atom stereocenters. The molecule has 2 heterocycles. The summed E-state index contributed by atoms with van der Waals surface area (Å²) < 4.78 is 25.5. The molecule has 0 bridgehead atoms. The highest BCUT2D eigenvalue weighted by Gasteiger charge is 2.46. The van der Waals surface area contributed by atoms with Gasteiger partial charge in [0.2, 0.25) is 0 Å². The Kier molecular flexibility index (Phi) is 2.62. The fraction of sp³-hybridized carbons (Fsp3) is 0.556. The number of nitrogens with zero attached hydrogens (tertiary/aromatic N) is 1. The lowest BCUT2D eigenvalue weighted by Crippen LogP contribution is -2.62. The zero-order valence-electron chi connectivity index (χ0n) is 8.38. The number of sulfonamides is 1. The van der Waals surface area contributed by atoms with Crippen LogP contribution in [0.15, 0.2) is 21.7 Å². The number of hydrogen-bond donors (Lipinski definition) is 1. The van der Waals surface area contributed by atoms with E-state index in [1.165, 1.54) is 15.6 Å². The smallest absolute Gasteiger partial charge is 0.252 e. The molecule has 1 aliphatic heterocycles. The second-order valence-corrected chi connectivity index (χ2v) is 6.90. The van der Waals surface area contributed by atoms with Gasteiger partial charge < -0.3 is 5.11 Å². The predicted octanol–water partition coefficient (Wildman–Crippen LogP) is 0.894. The fourth-order valence-corrected chi connectivity index (χ4v) is 4.28. The molecule has 1 aromatic rings. The second kappa shape index (κ2) is 3.55. The monoisotopic (exact) mass is 247 g/mol. The van der Waals surface area contributed by atoms with Crippen molar-refractivity contribution in [3.63, 3.8) is 0 Å². The van der Waals surface area contributed by atoms with E-state index in [2.05, 4.69) is 0 Å². The highest BCUT2D eigenvalue weighted by Crippen LogP contribution is 2.31. The van der Waals surface area contributed by atoms with Crippen molar-refractivity contribution in [3.05, 3.63) is 17.5 Å². The van der Waals surface area contributed by atoms with Gasteiger partial charge in [-0.3, -0.25) is 0 Å². The highest BCUT2D eigenvalue weighted by molar-refractivity contribution is 7.91. The normalized spacial score (nSPS) is 21.2. The molecule has 1 saturated heterocycles. The molecule has 1 fully saturated rings. The predicted molar refractivity (Wildman–Crippen MR) is 58.3 cm³/mol. The largest absolute Gasteiger partial charge is 0.387 e. The van der Waals surface area contributed by atoms with Gasteiger partial charge in [0.15, 0.2) is 0 Å². The van der Waals surface area contributed by atoms with Gasteiger partial charge in [0.25, 0.3) is 10.0 Å². The molecule has 2 rings (SSSR count). The minimum absolute atomic E-state index is 0.212. The quantitative estimate of drug-likeness (QED) is 0.863. The molecule has 1 aromatic heterocycles. The van der Waals surface area contributed by atoms with Crippen LogP contribution in [0.25, 0.3) is 0 Å². The topological polar surface area (TPSA) is 57.6 Å². The summed E-state index contributed by atoms with van der Waals surface area (Å²) in [6.07, 6.45) is 0.587. The van der Waals surface area contributed by atoms with E-state index >= 15 is 0 Å². The maximum Gasteiger partial charge on any atom is 0.252 e. The van der Waals surface area contributed by atoms with Crippen molar-refractivity contribution >= 4 is 21.4 Å². The summed E-state index contributed by atoms with van der Waals surface area (Å²) in [6.45, 7) is 2.28. The van der Waals surface area contributed by atoms with Crippen LogP contribution >= 0.6 is 11.3 Å². The number of hydrogen-bond acceptors (Lipinski definition) is 4. The summed E-state index contributed by atoms with van der Waals surface area (Å²) in [5.74, 6) is 0. The van der Waals surface area contributed by atoms with Crippen molar-refractivity contribution in [2.24, 2.45) is 0 Å². The third-order valence-electron chi connectivity index (χ3n) is 2.69. The standard InChI is InChI=1S/C9H13NO3S2/c1-2-9(11)6-10(7-9)15(12,13)8-4-3-5-14-8/h3-5,11H,2,6-7H2,1H3. The Bertz CT molecular complexity index is 432. The minimum atomic E-state index is -3.35. The van der Waals surface area contributed by atoms with Crippen molar-refractivity contribution < 1.29 is 13.5 Å². The van der Waals surface area contributed by atoms with Crippen molar-refractivity contribution in [2.45, 2.75) is 23.2 Å². The van der Waals surface area contributed by atoms with Gasteiger partial charge in [-0.25, -0.2) is 8.42 Å². The van der Waals surface area contributed by atoms with Gasteiger partial charge in [-0.2, -0.15) is 4.31 Å². The van der Waals surface area contributed by atoms with Crippen molar-refractivity contribution in [1.29, 1.82) is 0 Å². The lowest BCUT2D eigenvalue weighted by atomic mass is 9.94. The molecule has 0 radical (unpaired) electrons. The minimum Gasteiger partial charge on any atom is -0.387 e. The van der Waals surface area contributed by atoms with Crippen LogP contribution in [-0.2, 0) is 10.0 Å². The summed E-state index contributed by atoms with van der Waals surface area (Å²) in [6, 6.07) is 3.30. The van der Waals surface area contributed by atoms with Crippen molar-refractivity contribution in [1.82, 2.24) is 4.31 Å². The van der Waals surface area contributed by atoms with E-state index in [1.807, 2.05) is 6.92 Å². The molecule has 0 spiro atoms. The first-order valence-corrected chi connectivity index (χ1v) is 7.06. The van der Waals surface area contributed by atoms with Gasteiger partial charge in [0.05, 0.1) is 5.60 Å². The van der Waals surface area contributed by atoms with Crippen LogP contribution in [-0.4, -0.2) is 36.5 Å². The molecule has 0 unspecified atom stereocenters. The number of thiophene rings is 1. The molecule has 0 amide bonds. The van der Waals surface area contributed by atoms with Crippen LogP contribution in [0.2, 0.25) is 0 Å². The van der Waals surface area contributed by atoms with Gasteiger partial charge in [0, 0.05) is 13.1 Å². The number of β-amino-alcohol motifs (C(OH)–C–C–N with tert-alkyl or cyclic N) is 1. The SMILES string of the molecule is CCC1(O)CN(S(=O)(=O)c2cccs2)C1. The molecule has 1 aliphatic rings. The van der Waals surface area contributed by atoms with Crippen molar-refractivity contribution in [2.75, 3.05) is 13.1 Å². The van der Waals surface area contributed by atoms with E-state index in [-0.39, 0.29) is 13.1 Å². The van der Waals surface area contributed by atoms with Gasteiger partial charge in [-0.15, -0.1) is 11.3 Å². The first-order chi connectivity index (χ1) is 6.98. The fourth-order valence-electron chi connectivity index (χ4n) is 1.54. The van der Waals surface area contributed by atoms with E-state index < -0.39 is 15.6 Å². The maximum atomic E-state index is 11.9. The molecular weight excluding hydrogens is 234 g/mol. The average molecular weight is 247 g/mol. The zero-order chi connectivity index (χ0) is 11.1. The Morgan fingerprint density at radius 3 is 2.73 bits per heavy atom. The van der Waals surface area contributed by atoms with E-state index in [0.717, 1.165) is 0 Å². The van der Waals surface area contributed by atoms with E-state index in [9.17, 15) is 13.5 Å². The Hall–Kier alpha value is -0.430. The second-order valence-electron chi connectivity index (χ2n) is 3.78. The summed E-state index contributed by atoms with van der Waals surface area (Å²) in [7, 11) is -3.35. The molecule has 0 aliphatic carbocycles. The molecule has 84 valence electrons. The van der Waals surface area contributed by atoms with Crippen LogP contribution in [0.4, 0.5) is 0 Å². The van der Waals surface area contributed by atoms with Gasteiger partial charge in [-0.05, 0) is 17.9 Å². The Labute approximate surface area is 93.2 Å². The Morgan fingerprint density at radius 1 is 1.60 bits per heavy atom. The first kappa shape index (κ1) is 11.1. The summed E-state index contributed by atoms with van der Waals surface area (Å²) in [5, 5.41) is 11.5. The summed E-state index contributed by atoms with van der Waals surface area (Å²) in [5.41, 5.74) is -0.815. The summed E-state index contributed by atoms with van der Waals surface area (Å²) in [4.78, 5) is 0. The summed E-state index contributed by atoms with van der Waals surface area (Å²) >= 11 is 1.20. The van der Waals surface area contributed by atoms with Crippen LogP contribution < -0.4 is 0 Å². The molecule has 15 heavy (non-hydrogen) atoms. The van der Waals surface area contributed by atoms with Crippen LogP contribution in [0.1, 0.15) is 13.3 Å². The van der Waals surface area contributed by atoms with E-state index in [0.29, 0.717) is 10.6 Å². The third-order valence-corrected chi connectivity index (χ3v) is 5.85. The Morgan fingerprint density at radius 2 is 2.27 bits per heavy atom. The van der Waals surface area contributed by atoms with Crippen LogP contribution in [0, 0.1) is 0 Å². The molecular formula is C9H13NO3S2. The molecule has 1 N–H and O–H groups in total. The molecule has 4 nitrogen and oxygen atoms in total. The lowest BCUT2D eigenvalue weighted by Gasteiger charge is -2.44. The molecule has 0 aromatic carbocycles. The van der Waals surface area contributed by atoms with Gasteiger partial charge in [0.1, 0.15) is 4.21 Å². The lowest BCUT2D eigenvalue weighted by molar-refractivity contribution is -0.0612. The Balaban J connectivity index is 2.15. The van der Waals surface area contributed by atoms with Gasteiger partial charge >= 0.3 is 0 Å². The first-order valence-electron chi connectivity index (χ1n) is 4.74. The van der Waals surface area contributed by atoms with Crippen LogP contribution in [0.5, 0.6) is 0 Å². The van der Waals surface area contributed by atoms with E-state index in [1.54, 1.807) is 17.5 Å². The van der Waals surface area contributed by atoms with E-state index in [4.69, 9.17) is 0 Å². The highest BCUT2D eigenvalue weighted by atomic mass is 32.2. The number of rotatable bonds is 3. The molecule has 6 heteroatoms. The average Bonchev–Trinajstić information content (AvgIpc) is 2.65. The number of aliphatic hydroxyl groups is 1. The maximum absolute atomic E-state index is 11.9.